The van der Waals surface area contributed by atoms with E-state index in [0.717, 1.165) is 24.0 Å². The fraction of sp³-hybridized carbons (Fsp3) is 0.538. The van der Waals surface area contributed by atoms with Crippen LogP contribution in [0.25, 0.3) is 0 Å². The maximum absolute atomic E-state index is 11.3. The highest BCUT2D eigenvalue weighted by Gasteiger charge is 2.20. The molecule has 0 aliphatic heterocycles. The quantitative estimate of drug-likeness (QED) is 0.880. The van der Waals surface area contributed by atoms with Crippen molar-refractivity contribution >= 4 is 9.84 Å². The van der Waals surface area contributed by atoms with Gasteiger partial charge in [-0.1, -0.05) is 13.0 Å². The molecule has 0 radical (unpaired) electrons. The molecule has 1 aliphatic rings. The molecule has 0 fully saturated rings. The van der Waals surface area contributed by atoms with Crippen molar-refractivity contribution in [1.82, 2.24) is 0 Å². The summed E-state index contributed by atoms with van der Waals surface area (Å²) in [6, 6.07) is 5.53. The molecule has 18 heavy (non-hydrogen) atoms. The van der Waals surface area contributed by atoms with Crippen LogP contribution in [0, 0.1) is 0 Å². The molecule has 2 rings (SSSR count). The van der Waals surface area contributed by atoms with Gasteiger partial charge in [0.25, 0.3) is 0 Å². The molecule has 100 valence electrons. The van der Waals surface area contributed by atoms with Gasteiger partial charge in [-0.05, 0) is 36.1 Å². The van der Waals surface area contributed by atoms with Crippen molar-refractivity contribution in [2.24, 2.45) is 0 Å². The van der Waals surface area contributed by atoms with Gasteiger partial charge in [-0.25, -0.2) is 8.42 Å². The van der Waals surface area contributed by atoms with Gasteiger partial charge in [0, 0.05) is 5.75 Å². The zero-order valence-corrected chi connectivity index (χ0v) is 11.2. The number of hydrogen-bond donors (Lipinski definition) is 1. The van der Waals surface area contributed by atoms with Crippen molar-refractivity contribution < 1.29 is 18.3 Å². The molecule has 1 aliphatic carbocycles. The average molecular weight is 270 g/mol. The zero-order chi connectivity index (χ0) is 13.2. The highest BCUT2D eigenvalue weighted by Crippen LogP contribution is 2.33. The van der Waals surface area contributed by atoms with Crippen LogP contribution in [0.5, 0.6) is 5.75 Å². The SMILES string of the molecule is CCS(=O)(=O)CCOc1ccc2c(c1)CC[C@@H]2O. The molecule has 0 unspecified atom stereocenters. The summed E-state index contributed by atoms with van der Waals surface area (Å²) in [4.78, 5) is 0. The summed E-state index contributed by atoms with van der Waals surface area (Å²) < 4.78 is 28.1. The third kappa shape index (κ3) is 3.03. The van der Waals surface area contributed by atoms with Gasteiger partial charge in [-0.2, -0.15) is 0 Å². The Morgan fingerprint density at radius 1 is 1.44 bits per heavy atom. The van der Waals surface area contributed by atoms with Crippen molar-refractivity contribution in [3.63, 3.8) is 0 Å². The number of fused-ring (bicyclic) bond motifs is 1. The van der Waals surface area contributed by atoms with E-state index in [0.29, 0.717) is 5.75 Å². The van der Waals surface area contributed by atoms with Crippen LogP contribution in [0.15, 0.2) is 18.2 Å². The lowest BCUT2D eigenvalue weighted by Gasteiger charge is -2.09. The average Bonchev–Trinajstić information content (AvgIpc) is 2.71. The Balaban J connectivity index is 1.96. The highest BCUT2D eigenvalue weighted by atomic mass is 32.2. The summed E-state index contributed by atoms with van der Waals surface area (Å²) in [5.74, 6) is 0.866. The molecule has 0 amide bonds. The van der Waals surface area contributed by atoms with E-state index in [1.165, 1.54) is 0 Å². The lowest BCUT2D eigenvalue weighted by molar-refractivity contribution is 0.180. The van der Waals surface area contributed by atoms with Crippen LogP contribution in [-0.4, -0.2) is 31.6 Å². The Labute approximate surface area is 108 Å². The fourth-order valence-electron chi connectivity index (χ4n) is 2.09. The number of aliphatic hydroxyl groups is 1. The number of rotatable bonds is 5. The molecule has 0 bridgehead atoms. The Kier molecular flexibility index (Phi) is 3.92. The van der Waals surface area contributed by atoms with Crippen LogP contribution in [0.4, 0.5) is 0 Å². The third-order valence-electron chi connectivity index (χ3n) is 3.26. The molecule has 0 heterocycles. The predicted molar refractivity (Wildman–Crippen MR) is 69.5 cm³/mol. The van der Waals surface area contributed by atoms with Crippen molar-refractivity contribution in [2.75, 3.05) is 18.1 Å². The number of aryl methyl sites for hydroxylation is 1. The molecule has 1 aromatic rings. The topological polar surface area (TPSA) is 63.6 Å². The van der Waals surface area contributed by atoms with Crippen LogP contribution in [-0.2, 0) is 16.3 Å². The van der Waals surface area contributed by atoms with E-state index < -0.39 is 9.84 Å². The first-order chi connectivity index (χ1) is 8.52. The summed E-state index contributed by atoms with van der Waals surface area (Å²) in [6.45, 7) is 1.81. The number of sulfone groups is 1. The van der Waals surface area contributed by atoms with Gasteiger partial charge in [0.1, 0.15) is 12.4 Å². The summed E-state index contributed by atoms with van der Waals surface area (Å²) in [5, 5.41) is 9.67. The number of ether oxygens (including phenoxy) is 1. The molecule has 0 aromatic heterocycles. The van der Waals surface area contributed by atoms with E-state index in [1.807, 2.05) is 12.1 Å². The molecule has 0 spiro atoms. The molecule has 1 N–H and O–H groups in total. The number of benzene rings is 1. The smallest absolute Gasteiger partial charge is 0.153 e. The first-order valence-electron chi connectivity index (χ1n) is 6.16. The van der Waals surface area contributed by atoms with Crippen molar-refractivity contribution in [2.45, 2.75) is 25.9 Å². The second kappa shape index (κ2) is 5.28. The van der Waals surface area contributed by atoms with Crippen LogP contribution in [0.3, 0.4) is 0 Å². The zero-order valence-electron chi connectivity index (χ0n) is 10.4. The fourth-order valence-corrected chi connectivity index (χ4v) is 2.72. The number of aliphatic hydroxyl groups excluding tert-OH is 1. The minimum atomic E-state index is -2.97. The van der Waals surface area contributed by atoms with Gasteiger partial charge in [0.2, 0.25) is 0 Å². The van der Waals surface area contributed by atoms with Gasteiger partial charge >= 0.3 is 0 Å². The second-order valence-corrected chi connectivity index (χ2v) is 6.97. The van der Waals surface area contributed by atoms with Crippen LogP contribution < -0.4 is 4.74 Å². The molecule has 5 heteroatoms. The second-order valence-electron chi connectivity index (χ2n) is 4.50. The summed E-state index contributed by atoms with van der Waals surface area (Å²) >= 11 is 0. The minimum absolute atomic E-state index is 0.0449. The Hall–Kier alpha value is -1.07. The normalized spacial score (nSPS) is 18.7. The largest absolute Gasteiger partial charge is 0.493 e. The summed E-state index contributed by atoms with van der Waals surface area (Å²) in [7, 11) is -2.97. The first-order valence-corrected chi connectivity index (χ1v) is 7.98. The van der Waals surface area contributed by atoms with Gasteiger partial charge in [0.05, 0.1) is 11.9 Å². The Bertz CT molecular complexity index is 522. The van der Waals surface area contributed by atoms with Gasteiger partial charge in [-0.15, -0.1) is 0 Å². The van der Waals surface area contributed by atoms with E-state index in [-0.39, 0.29) is 24.2 Å². The van der Waals surface area contributed by atoms with E-state index in [4.69, 9.17) is 4.74 Å². The van der Waals surface area contributed by atoms with Gasteiger partial charge < -0.3 is 9.84 Å². The Morgan fingerprint density at radius 2 is 2.22 bits per heavy atom. The van der Waals surface area contributed by atoms with Crippen molar-refractivity contribution in [1.29, 1.82) is 0 Å². The highest BCUT2D eigenvalue weighted by molar-refractivity contribution is 7.91. The van der Waals surface area contributed by atoms with Crippen LogP contribution in [0.2, 0.25) is 0 Å². The third-order valence-corrected chi connectivity index (χ3v) is 4.93. The minimum Gasteiger partial charge on any atom is -0.493 e. The summed E-state index contributed by atoms with van der Waals surface area (Å²) in [5.41, 5.74) is 2.06. The summed E-state index contributed by atoms with van der Waals surface area (Å²) in [6.07, 6.45) is 1.23. The first kappa shape index (κ1) is 13.4. The monoisotopic (exact) mass is 270 g/mol. The van der Waals surface area contributed by atoms with Gasteiger partial charge in [0.15, 0.2) is 9.84 Å². The maximum Gasteiger partial charge on any atom is 0.153 e. The maximum atomic E-state index is 11.3. The molecular formula is C13H18O4S. The van der Waals surface area contributed by atoms with E-state index >= 15 is 0 Å². The van der Waals surface area contributed by atoms with E-state index in [1.54, 1.807) is 13.0 Å². The molecule has 1 aromatic carbocycles. The molecule has 1 atom stereocenters. The Morgan fingerprint density at radius 3 is 2.94 bits per heavy atom. The molecule has 0 saturated heterocycles. The standard InChI is InChI=1S/C13H18O4S/c1-2-18(15,16)8-7-17-11-4-5-12-10(9-11)3-6-13(12)14/h4-5,9,13-14H,2-3,6-8H2,1H3/t13-/m0/s1. The van der Waals surface area contributed by atoms with Crippen LogP contribution in [0.1, 0.15) is 30.6 Å². The molecular weight excluding hydrogens is 252 g/mol. The van der Waals surface area contributed by atoms with Gasteiger partial charge in [-0.3, -0.25) is 0 Å². The molecule has 0 saturated carbocycles. The van der Waals surface area contributed by atoms with E-state index in [9.17, 15) is 13.5 Å². The number of hydrogen-bond acceptors (Lipinski definition) is 4. The van der Waals surface area contributed by atoms with Crippen molar-refractivity contribution in [3.05, 3.63) is 29.3 Å². The lowest BCUT2D eigenvalue weighted by atomic mass is 10.1. The predicted octanol–water partition coefficient (Wildman–Crippen LogP) is 1.48. The lowest BCUT2D eigenvalue weighted by Crippen LogP contribution is -2.15. The van der Waals surface area contributed by atoms with E-state index in [2.05, 4.69) is 0 Å². The van der Waals surface area contributed by atoms with Crippen LogP contribution >= 0.6 is 0 Å². The molecule has 4 nitrogen and oxygen atoms in total. The van der Waals surface area contributed by atoms with Crippen molar-refractivity contribution in [3.8, 4) is 5.75 Å².